The number of nitrogens with one attached hydrogen (secondary N) is 1. The predicted molar refractivity (Wildman–Crippen MR) is 121 cm³/mol. The van der Waals surface area contributed by atoms with E-state index < -0.39 is 0 Å². The highest BCUT2D eigenvalue weighted by atomic mass is 79.9. The molecule has 3 aromatic rings. The summed E-state index contributed by atoms with van der Waals surface area (Å²) in [6, 6.07) is 15.8. The standard InChI is InChI=1S/C21H19BrClN5O2/c1-26-19(13-6-3-2-4-7-13)25-21-24-15(17(23)20(29)28(21)26)12-27-10-11-30-18-14(22)8-5-9-16(18)27/h2-9,19H,10-12H2,1H3,(H,24,25). The summed E-state index contributed by atoms with van der Waals surface area (Å²) in [6.07, 6.45) is -0.196. The van der Waals surface area contributed by atoms with Crippen LogP contribution in [0.1, 0.15) is 17.4 Å². The van der Waals surface area contributed by atoms with E-state index in [9.17, 15) is 4.79 Å². The molecular weight excluding hydrogens is 470 g/mol. The molecule has 2 aliphatic heterocycles. The van der Waals surface area contributed by atoms with Crippen molar-refractivity contribution in [1.82, 2.24) is 9.66 Å². The fourth-order valence-electron chi connectivity index (χ4n) is 3.91. The van der Waals surface area contributed by atoms with Crippen molar-refractivity contribution < 1.29 is 4.74 Å². The van der Waals surface area contributed by atoms with Crippen molar-refractivity contribution in [3.05, 3.63) is 79.6 Å². The van der Waals surface area contributed by atoms with Crippen LogP contribution >= 0.6 is 27.5 Å². The molecule has 154 valence electrons. The summed E-state index contributed by atoms with van der Waals surface area (Å²) in [5.74, 6) is 1.28. The molecule has 0 radical (unpaired) electrons. The van der Waals surface area contributed by atoms with Gasteiger partial charge in [0.25, 0.3) is 5.56 Å². The van der Waals surface area contributed by atoms with Gasteiger partial charge >= 0.3 is 0 Å². The van der Waals surface area contributed by atoms with Crippen molar-refractivity contribution in [2.24, 2.45) is 0 Å². The fraction of sp³-hybridized carbons (Fsp3) is 0.238. The van der Waals surface area contributed by atoms with Crippen molar-refractivity contribution in [2.75, 3.05) is 35.4 Å². The first-order valence-electron chi connectivity index (χ1n) is 9.57. The molecule has 1 unspecified atom stereocenters. The Bertz CT molecular complexity index is 1170. The van der Waals surface area contributed by atoms with Gasteiger partial charge in [-0.25, -0.2) is 4.98 Å². The lowest BCUT2D eigenvalue weighted by Crippen LogP contribution is -2.38. The average molecular weight is 489 g/mol. The molecule has 2 aliphatic rings. The molecule has 0 amide bonds. The van der Waals surface area contributed by atoms with Gasteiger partial charge in [0, 0.05) is 7.05 Å². The first-order valence-corrected chi connectivity index (χ1v) is 10.7. The van der Waals surface area contributed by atoms with E-state index in [4.69, 9.17) is 21.3 Å². The molecule has 0 bridgehead atoms. The summed E-state index contributed by atoms with van der Waals surface area (Å²) >= 11 is 10.0. The number of halogens is 2. The smallest absolute Gasteiger partial charge is 0.292 e. The quantitative estimate of drug-likeness (QED) is 0.606. The number of ether oxygens (including phenoxy) is 1. The predicted octanol–water partition coefficient (Wildman–Crippen LogP) is 3.75. The lowest BCUT2D eigenvalue weighted by Gasteiger charge is -2.31. The van der Waals surface area contributed by atoms with Gasteiger partial charge in [-0.2, -0.15) is 4.68 Å². The van der Waals surface area contributed by atoms with Gasteiger partial charge < -0.3 is 15.0 Å². The van der Waals surface area contributed by atoms with Crippen molar-refractivity contribution in [3.8, 4) is 5.75 Å². The van der Waals surface area contributed by atoms with Crippen LogP contribution < -0.4 is 25.5 Å². The number of hydrogen-bond acceptors (Lipinski definition) is 6. The minimum absolute atomic E-state index is 0.129. The van der Waals surface area contributed by atoms with Gasteiger partial charge in [0.2, 0.25) is 5.95 Å². The summed E-state index contributed by atoms with van der Waals surface area (Å²) in [4.78, 5) is 19.9. The number of benzene rings is 2. The van der Waals surface area contributed by atoms with E-state index in [1.54, 1.807) is 0 Å². The molecule has 2 aromatic carbocycles. The molecule has 1 atom stereocenters. The topological polar surface area (TPSA) is 62.6 Å². The van der Waals surface area contributed by atoms with Gasteiger partial charge in [-0.1, -0.05) is 48.0 Å². The zero-order valence-corrected chi connectivity index (χ0v) is 18.5. The Morgan fingerprint density at radius 1 is 1.23 bits per heavy atom. The number of nitrogens with zero attached hydrogens (tertiary/aromatic N) is 4. The largest absolute Gasteiger partial charge is 0.488 e. The summed E-state index contributed by atoms with van der Waals surface area (Å²) in [5.41, 5.74) is 2.24. The van der Waals surface area contributed by atoms with Crippen LogP contribution in [-0.2, 0) is 6.54 Å². The number of anilines is 2. The minimum Gasteiger partial charge on any atom is -0.488 e. The molecule has 1 N–H and O–H groups in total. The first-order chi connectivity index (χ1) is 14.5. The monoisotopic (exact) mass is 487 g/mol. The van der Waals surface area contributed by atoms with Crippen LogP contribution in [-0.4, -0.2) is 29.9 Å². The second-order valence-corrected chi connectivity index (χ2v) is 8.43. The van der Waals surface area contributed by atoms with E-state index >= 15 is 0 Å². The Hall–Kier alpha value is -2.71. The van der Waals surface area contributed by atoms with E-state index in [1.807, 2.05) is 60.6 Å². The zero-order chi connectivity index (χ0) is 20.8. The van der Waals surface area contributed by atoms with E-state index in [2.05, 4.69) is 26.1 Å². The van der Waals surface area contributed by atoms with Crippen LogP contribution in [0, 0.1) is 0 Å². The Morgan fingerprint density at radius 2 is 2.03 bits per heavy atom. The Morgan fingerprint density at radius 3 is 2.83 bits per heavy atom. The summed E-state index contributed by atoms with van der Waals surface area (Å²) < 4.78 is 8.19. The van der Waals surface area contributed by atoms with Gasteiger partial charge in [-0.05, 0) is 33.6 Å². The van der Waals surface area contributed by atoms with Crippen molar-refractivity contribution in [2.45, 2.75) is 12.7 Å². The molecule has 5 rings (SSSR count). The van der Waals surface area contributed by atoms with Crippen LogP contribution in [0.4, 0.5) is 11.6 Å². The number of fused-ring (bicyclic) bond motifs is 2. The maximum absolute atomic E-state index is 13.1. The number of rotatable bonds is 3. The maximum atomic E-state index is 13.1. The Kier molecular flexibility index (Phi) is 4.83. The van der Waals surface area contributed by atoms with Crippen LogP contribution in [0.2, 0.25) is 5.02 Å². The minimum atomic E-state index is -0.284. The Labute approximate surface area is 186 Å². The lowest BCUT2D eigenvalue weighted by atomic mass is 10.2. The second-order valence-electron chi connectivity index (χ2n) is 7.20. The maximum Gasteiger partial charge on any atom is 0.292 e. The summed E-state index contributed by atoms with van der Waals surface area (Å²) in [6.45, 7) is 1.64. The molecule has 9 heteroatoms. The fourth-order valence-corrected chi connectivity index (χ4v) is 4.56. The number of para-hydroxylation sites is 1. The Balaban J connectivity index is 1.50. The summed E-state index contributed by atoms with van der Waals surface area (Å²) in [7, 11) is 1.84. The van der Waals surface area contributed by atoms with Gasteiger partial charge in [-0.3, -0.25) is 9.80 Å². The van der Waals surface area contributed by atoms with E-state index in [1.165, 1.54) is 4.68 Å². The second kappa shape index (κ2) is 7.52. The molecule has 0 fully saturated rings. The van der Waals surface area contributed by atoms with Gasteiger partial charge in [-0.15, -0.1) is 0 Å². The third kappa shape index (κ3) is 3.11. The zero-order valence-electron chi connectivity index (χ0n) is 16.2. The molecule has 0 aliphatic carbocycles. The first kappa shape index (κ1) is 19.3. The molecule has 0 spiro atoms. The van der Waals surface area contributed by atoms with Gasteiger partial charge in [0.1, 0.15) is 17.8 Å². The highest BCUT2D eigenvalue weighted by Gasteiger charge is 2.32. The number of aromatic nitrogens is 2. The third-order valence-electron chi connectivity index (χ3n) is 5.38. The van der Waals surface area contributed by atoms with Gasteiger partial charge in [0.15, 0.2) is 5.75 Å². The van der Waals surface area contributed by atoms with Crippen molar-refractivity contribution in [1.29, 1.82) is 0 Å². The van der Waals surface area contributed by atoms with Crippen molar-refractivity contribution >= 4 is 39.2 Å². The van der Waals surface area contributed by atoms with E-state index in [0.29, 0.717) is 31.3 Å². The normalized spacial score (nSPS) is 17.2. The molecule has 30 heavy (non-hydrogen) atoms. The average Bonchev–Trinajstić information content (AvgIpc) is 3.09. The van der Waals surface area contributed by atoms with Crippen LogP contribution in [0.25, 0.3) is 0 Å². The van der Waals surface area contributed by atoms with Gasteiger partial charge in [0.05, 0.1) is 28.9 Å². The van der Waals surface area contributed by atoms with Crippen LogP contribution in [0.3, 0.4) is 0 Å². The number of hydrogen-bond donors (Lipinski definition) is 1. The summed E-state index contributed by atoms with van der Waals surface area (Å²) in [5, 5.41) is 5.29. The molecule has 1 aromatic heterocycles. The molecule has 7 nitrogen and oxygen atoms in total. The lowest BCUT2D eigenvalue weighted by molar-refractivity contribution is 0.304. The highest BCUT2D eigenvalue weighted by Crippen LogP contribution is 2.39. The van der Waals surface area contributed by atoms with E-state index in [0.717, 1.165) is 21.5 Å². The van der Waals surface area contributed by atoms with Crippen molar-refractivity contribution in [3.63, 3.8) is 0 Å². The molecule has 3 heterocycles. The molecule has 0 saturated carbocycles. The SMILES string of the molecule is CN1C(c2ccccc2)Nc2nc(CN3CCOc4c(Br)cccc43)c(Cl)c(=O)n21. The van der Waals surface area contributed by atoms with Crippen LogP contribution in [0.5, 0.6) is 5.75 Å². The van der Waals surface area contributed by atoms with E-state index in [-0.39, 0.29) is 16.7 Å². The third-order valence-corrected chi connectivity index (χ3v) is 6.38. The highest BCUT2D eigenvalue weighted by molar-refractivity contribution is 9.10. The molecular formula is C21H19BrClN5O2. The van der Waals surface area contributed by atoms with Crippen LogP contribution in [0.15, 0.2) is 57.8 Å². The molecule has 0 saturated heterocycles.